The molecule has 0 spiro atoms. The number of anilines is 1. The summed E-state index contributed by atoms with van der Waals surface area (Å²) >= 11 is 5.59. The van der Waals surface area contributed by atoms with Crippen LogP contribution >= 0.6 is 11.6 Å². The van der Waals surface area contributed by atoms with Crippen molar-refractivity contribution in [1.82, 2.24) is 9.78 Å². The second-order valence-corrected chi connectivity index (χ2v) is 3.67. The third kappa shape index (κ3) is 3.21. The van der Waals surface area contributed by atoms with Gasteiger partial charge in [0.05, 0.1) is 6.61 Å². The lowest BCUT2D eigenvalue weighted by molar-refractivity contribution is 0.190. The van der Waals surface area contributed by atoms with E-state index in [0.29, 0.717) is 12.4 Å². The van der Waals surface area contributed by atoms with Gasteiger partial charge in [0, 0.05) is 26.3 Å². The van der Waals surface area contributed by atoms with Gasteiger partial charge in [0.25, 0.3) is 0 Å². The second kappa shape index (κ2) is 5.14. The Labute approximate surface area is 93.0 Å². The van der Waals surface area contributed by atoms with Gasteiger partial charge in [-0.1, -0.05) is 11.6 Å². The van der Waals surface area contributed by atoms with Crippen molar-refractivity contribution < 1.29 is 4.74 Å². The summed E-state index contributed by atoms with van der Waals surface area (Å²) in [5.74, 6) is 0.619. The van der Waals surface area contributed by atoms with Gasteiger partial charge in [0.1, 0.15) is 5.82 Å². The quantitative estimate of drug-likeness (QED) is 0.836. The van der Waals surface area contributed by atoms with Crippen molar-refractivity contribution in [3.63, 3.8) is 0 Å². The fourth-order valence-corrected chi connectivity index (χ4v) is 1.36. The lowest BCUT2D eigenvalue weighted by Gasteiger charge is -2.16. The van der Waals surface area contributed by atoms with Gasteiger partial charge in [-0.2, -0.15) is 5.10 Å². The van der Waals surface area contributed by atoms with Crippen LogP contribution in [0, 0.1) is 0 Å². The Balaban J connectivity index is 2.86. The molecule has 5 nitrogen and oxygen atoms in total. The highest BCUT2D eigenvalue weighted by atomic mass is 35.5. The molecule has 0 saturated carbocycles. The van der Waals surface area contributed by atoms with E-state index in [4.69, 9.17) is 16.3 Å². The maximum atomic E-state index is 11.3. The second-order valence-electron chi connectivity index (χ2n) is 3.31. The van der Waals surface area contributed by atoms with E-state index in [1.807, 2.05) is 6.92 Å². The van der Waals surface area contributed by atoms with Crippen LogP contribution in [0.5, 0.6) is 0 Å². The van der Waals surface area contributed by atoms with Crippen molar-refractivity contribution in [2.24, 2.45) is 7.05 Å². The molecule has 0 radical (unpaired) electrons. The Morgan fingerprint density at radius 1 is 1.73 bits per heavy atom. The van der Waals surface area contributed by atoms with Gasteiger partial charge in [0.2, 0.25) is 5.43 Å². The molecule has 0 aromatic carbocycles. The summed E-state index contributed by atoms with van der Waals surface area (Å²) in [5, 5.41) is 6.92. The van der Waals surface area contributed by atoms with E-state index in [9.17, 15) is 4.79 Å². The minimum Gasteiger partial charge on any atom is -0.383 e. The molecule has 0 fully saturated rings. The molecule has 84 valence electrons. The average molecular weight is 232 g/mol. The average Bonchev–Trinajstić information content (AvgIpc) is 2.14. The summed E-state index contributed by atoms with van der Waals surface area (Å²) in [6.45, 7) is 2.50. The molecule has 0 bridgehead atoms. The van der Waals surface area contributed by atoms with Crippen LogP contribution < -0.4 is 10.7 Å². The predicted octanol–water partition coefficient (Wildman–Crippen LogP) is 0.881. The first-order valence-corrected chi connectivity index (χ1v) is 4.91. The van der Waals surface area contributed by atoms with E-state index < -0.39 is 0 Å². The van der Waals surface area contributed by atoms with E-state index in [0.717, 1.165) is 0 Å². The first-order chi connectivity index (χ1) is 7.04. The SMILES string of the molecule is COCC(C)Nc1cc(=O)c(Cl)nn1C. The van der Waals surface area contributed by atoms with Crippen molar-refractivity contribution in [3.8, 4) is 0 Å². The van der Waals surface area contributed by atoms with Crippen molar-refractivity contribution in [3.05, 3.63) is 21.4 Å². The van der Waals surface area contributed by atoms with Crippen LogP contribution in [0.3, 0.4) is 0 Å². The fourth-order valence-electron chi connectivity index (χ4n) is 1.19. The number of hydrogen-bond acceptors (Lipinski definition) is 4. The van der Waals surface area contributed by atoms with Gasteiger partial charge in [-0.25, -0.2) is 0 Å². The fraction of sp³-hybridized carbons (Fsp3) is 0.556. The Morgan fingerprint density at radius 2 is 2.40 bits per heavy atom. The van der Waals surface area contributed by atoms with Gasteiger partial charge in [-0.05, 0) is 6.92 Å². The standard InChI is InChI=1S/C9H14ClN3O2/c1-6(5-15-3)11-8-4-7(14)9(10)12-13(8)2/h4,6,11H,5H2,1-3H3. The zero-order valence-corrected chi connectivity index (χ0v) is 9.71. The van der Waals surface area contributed by atoms with Crippen LogP contribution in [-0.2, 0) is 11.8 Å². The monoisotopic (exact) mass is 231 g/mol. The van der Waals surface area contributed by atoms with Crippen LogP contribution in [0.4, 0.5) is 5.82 Å². The Hall–Kier alpha value is -1.07. The minimum atomic E-state index is -0.290. The molecule has 1 atom stereocenters. The highest BCUT2D eigenvalue weighted by Gasteiger charge is 2.06. The molecule has 0 amide bonds. The van der Waals surface area contributed by atoms with E-state index in [2.05, 4.69) is 10.4 Å². The highest BCUT2D eigenvalue weighted by molar-refractivity contribution is 6.29. The van der Waals surface area contributed by atoms with Crippen molar-refractivity contribution in [2.75, 3.05) is 19.0 Å². The zero-order valence-electron chi connectivity index (χ0n) is 8.95. The molecular formula is C9H14ClN3O2. The summed E-state index contributed by atoms with van der Waals surface area (Å²) in [7, 11) is 3.34. The first kappa shape index (κ1) is 12.0. The molecule has 1 unspecified atom stereocenters. The van der Waals surface area contributed by atoms with E-state index in [1.54, 1.807) is 14.2 Å². The summed E-state index contributed by atoms with van der Waals surface area (Å²) in [5.41, 5.74) is -0.290. The number of nitrogens with one attached hydrogen (secondary N) is 1. The number of aromatic nitrogens is 2. The molecule has 0 saturated heterocycles. The molecule has 0 aliphatic rings. The van der Waals surface area contributed by atoms with Gasteiger partial charge in [-0.15, -0.1) is 0 Å². The molecule has 1 aromatic heterocycles. The first-order valence-electron chi connectivity index (χ1n) is 4.54. The smallest absolute Gasteiger partial charge is 0.221 e. The van der Waals surface area contributed by atoms with E-state index >= 15 is 0 Å². The number of hydrogen-bond donors (Lipinski definition) is 1. The third-order valence-corrected chi connectivity index (χ3v) is 2.13. The van der Waals surface area contributed by atoms with Gasteiger partial charge >= 0.3 is 0 Å². The molecule has 6 heteroatoms. The molecule has 1 aromatic rings. The number of ether oxygens (including phenoxy) is 1. The number of aryl methyl sites for hydroxylation is 1. The number of halogens is 1. The van der Waals surface area contributed by atoms with Crippen LogP contribution in [-0.4, -0.2) is 29.5 Å². The zero-order chi connectivity index (χ0) is 11.4. The largest absolute Gasteiger partial charge is 0.383 e. The lowest BCUT2D eigenvalue weighted by atomic mass is 10.3. The molecule has 1 rings (SSSR count). The summed E-state index contributed by atoms with van der Waals surface area (Å²) < 4.78 is 6.50. The van der Waals surface area contributed by atoms with Gasteiger partial charge in [0.15, 0.2) is 5.15 Å². The van der Waals surface area contributed by atoms with Crippen LogP contribution in [0.15, 0.2) is 10.9 Å². The topological polar surface area (TPSA) is 56.1 Å². The summed E-state index contributed by atoms with van der Waals surface area (Å²) in [4.78, 5) is 11.3. The van der Waals surface area contributed by atoms with Crippen molar-refractivity contribution in [2.45, 2.75) is 13.0 Å². The maximum Gasteiger partial charge on any atom is 0.221 e. The number of nitrogens with zero attached hydrogens (tertiary/aromatic N) is 2. The number of rotatable bonds is 4. The lowest BCUT2D eigenvalue weighted by Crippen LogP contribution is -2.25. The molecule has 1 heterocycles. The maximum absolute atomic E-state index is 11.3. The van der Waals surface area contributed by atoms with Crippen molar-refractivity contribution in [1.29, 1.82) is 0 Å². The van der Waals surface area contributed by atoms with Crippen LogP contribution in [0.1, 0.15) is 6.92 Å². The normalized spacial score (nSPS) is 12.5. The molecule has 0 aliphatic carbocycles. The molecule has 0 aliphatic heterocycles. The number of methoxy groups -OCH3 is 1. The minimum absolute atomic E-state index is 0.0255. The van der Waals surface area contributed by atoms with E-state index in [1.165, 1.54) is 10.7 Å². The molecule has 15 heavy (non-hydrogen) atoms. The Bertz CT molecular complexity index is 391. The van der Waals surface area contributed by atoms with Crippen molar-refractivity contribution >= 4 is 17.4 Å². The van der Waals surface area contributed by atoms with E-state index in [-0.39, 0.29) is 16.6 Å². The molecular weight excluding hydrogens is 218 g/mol. The Morgan fingerprint density at radius 3 is 3.00 bits per heavy atom. The highest BCUT2D eigenvalue weighted by Crippen LogP contribution is 2.05. The van der Waals surface area contributed by atoms with Crippen LogP contribution in [0.2, 0.25) is 5.15 Å². The predicted molar refractivity (Wildman–Crippen MR) is 59.4 cm³/mol. The van der Waals surface area contributed by atoms with Gasteiger partial charge < -0.3 is 10.1 Å². The summed E-state index contributed by atoms with van der Waals surface area (Å²) in [6, 6.07) is 1.52. The molecule has 1 N–H and O–H groups in total. The van der Waals surface area contributed by atoms with Gasteiger partial charge in [-0.3, -0.25) is 9.48 Å². The van der Waals surface area contributed by atoms with Crippen LogP contribution in [0.25, 0.3) is 0 Å². The summed E-state index contributed by atoms with van der Waals surface area (Å²) in [6.07, 6.45) is 0. The Kier molecular flexibility index (Phi) is 4.11. The third-order valence-electron chi connectivity index (χ3n) is 1.87.